The maximum Gasteiger partial charge on any atom is 0.335 e. The Labute approximate surface area is 187 Å². The van der Waals surface area contributed by atoms with Crippen LogP contribution in [0.2, 0.25) is 0 Å². The minimum atomic E-state index is -1.08. The number of aromatic carboxylic acids is 1. The number of carbonyl (C=O) groups is 1. The summed E-state index contributed by atoms with van der Waals surface area (Å²) in [6.45, 7) is 3.25. The fourth-order valence-corrected chi connectivity index (χ4v) is 3.33. The van der Waals surface area contributed by atoms with Gasteiger partial charge in [-0.1, -0.05) is 30.3 Å². The zero-order chi connectivity index (χ0) is 23.7. The second-order valence-electron chi connectivity index (χ2n) is 7.42. The monoisotopic (exact) mass is 446 g/mol. The molecule has 4 aromatic rings. The van der Waals surface area contributed by atoms with Crippen LogP contribution in [0, 0.1) is 19.7 Å². The Hall–Kier alpha value is -4.53. The van der Waals surface area contributed by atoms with Gasteiger partial charge in [-0.2, -0.15) is 0 Å². The summed E-state index contributed by atoms with van der Waals surface area (Å²) in [4.78, 5) is 24.1. The molecular weight excluding hydrogens is 427 g/mol. The molecule has 0 saturated heterocycles. The first kappa shape index (κ1) is 21.7. The molecule has 166 valence electrons. The van der Waals surface area contributed by atoms with Gasteiger partial charge >= 0.3 is 5.97 Å². The van der Waals surface area contributed by atoms with E-state index < -0.39 is 17.3 Å². The first-order chi connectivity index (χ1) is 15.8. The van der Waals surface area contributed by atoms with E-state index in [2.05, 4.69) is 15.3 Å². The van der Waals surface area contributed by atoms with Crippen molar-refractivity contribution in [3.8, 4) is 22.6 Å². The molecular formula is C24H19FN4O4. The Kier molecular flexibility index (Phi) is 5.61. The maximum atomic E-state index is 13.9. The van der Waals surface area contributed by atoms with Gasteiger partial charge < -0.3 is 10.2 Å². The number of aryl methyl sites for hydroxylation is 2. The predicted octanol–water partition coefficient (Wildman–Crippen LogP) is 5.41. The normalized spacial score (nSPS) is 11.2. The number of hydrogen-bond acceptors (Lipinski definition) is 5. The van der Waals surface area contributed by atoms with Crippen LogP contribution in [-0.2, 0) is 0 Å². The molecule has 0 aliphatic carbocycles. The fourth-order valence-electron chi connectivity index (χ4n) is 3.33. The largest absolute Gasteiger partial charge is 0.505 e. The number of aromatic amines is 1. The fraction of sp³-hybridized carbons (Fsp3) is 0.0833. The molecule has 33 heavy (non-hydrogen) atoms. The Morgan fingerprint density at radius 1 is 1.03 bits per heavy atom. The van der Waals surface area contributed by atoms with Crippen molar-refractivity contribution < 1.29 is 19.4 Å². The van der Waals surface area contributed by atoms with Crippen molar-refractivity contribution in [3.05, 3.63) is 93.7 Å². The van der Waals surface area contributed by atoms with Gasteiger partial charge in [0.15, 0.2) is 11.4 Å². The molecule has 0 spiro atoms. The molecule has 0 aliphatic heterocycles. The number of rotatable bonds is 5. The Morgan fingerprint density at radius 3 is 2.52 bits per heavy atom. The highest BCUT2D eigenvalue weighted by molar-refractivity contribution is 5.90. The van der Waals surface area contributed by atoms with Gasteiger partial charge in [0.2, 0.25) is 0 Å². The second kappa shape index (κ2) is 8.54. The first-order valence-corrected chi connectivity index (χ1v) is 9.92. The molecule has 4 rings (SSSR count). The van der Waals surface area contributed by atoms with E-state index in [0.717, 1.165) is 0 Å². The number of aromatic hydroxyl groups is 1. The molecule has 1 aromatic heterocycles. The smallest absolute Gasteiger partial charge is 0.335 e. The summed E-state index contributed by atoms with van der Waals surface area (Å²) in [5, 5.41) is 30.8. The maximum absolute atomic E-state index is 13.9. The van der Waals surface area contributed by atoms with Crippen LogP contribution >= 0.6 is 0 Å². The third-order valence-corrected chi connectivity index (χ3v) is 5.15. The van der Waals surface area contributed by atoms with Gasteiger partial charge in [-0.3, -0.25) is 9.89 Å². The average molecular weight is 446 g/mol. The molecule has 3 aromatic carbocycles. The van der Waals surface area contributed by atoms with Crippen LogP contribution in [0.1, 0.15) is 21.6 Å². The summed E-state index contributed by atoms with van der Waals surface area (Å²) in [5.41, 5.74) is 1.71. The van der Waals surface area contributed by atoms with Gasteiger partial charge in [0.1, 0.15) is 11.5 Å². The van der Waals surface area contributed by atoms with Crippen LogP contribution in [0.15, 0.2) is 75.7 Å². The zero-order valence-electron chi connectivity index (χ0n) is 17.7. The van der Waals surface area contributed by atoms with Crippen molar-refractivity contribution in [1.29, 1.82) is 0 Å². The first-order valence-electron chi connectivity index (χ1n) is 9.92. The van der Waals surface area contributed by atoms with Crippen LogP contribution < -0.4 is 5.56 Å². The molecule has 0 fully saturated rings. The standard InChI is InChI=1S/C24H19FN4O4/c1-13-9-10-17(12-19(13)25)29-23(31)21(14(2)28-29)27-26-20-8-4-7-18(22(20)30)15-5-3-6-16(11-15)24(32)33/h3-12,28,30H,1-2H3,(H,32,33). The van der Waals surface area contributed by atoms with Crippen LogP contribution in [0.25, 0.3) is 16.8 Å². The Bertz CT molecular complexity index is 1470. The predicted molar refractivity (Wildman–Crippen MR) is 120 cm³/mol. The number of para-hydroxylation sites is 1. The molecule has 9 heteroatoms. The third-order valence-electron chi connectivity index (χ3n) is 5.15. The summed E-state index contributed by atoms with van der Waals surface area (Å²) < 4.78 is 15.1. The zero-order valence-corrected chi connectivity index (χ0v) is 17.7. The van der Waals surface area contributed by atoms with E-state index in [1.165, 1.54) is 28.9 Å². The van der Waals surface area contributed by atoms with Gasteiger partial charge in [0.25, 0.3) is 5.56 Å². The lowest BCUT2D eigenvalue weighted by molar-refractivity contribution is 0.0697. The van der Waals surface area contributed by atoms with Crippen molar-refractivity contribution in [3.63, 3.8) is 0 Å². The summed E-state index contributed by atoms with van der Waals surface area (Å²) in [6, 6.07) is 15.3. The van der Waals surface area contributed by atoms with E-state index in [4.69, 9.17) is 0 Å². The lowest BCUT2D eigenvalue weighted by Crippen LogP contribution is -2.14. The van der Waals surface area contributed by atoms with Crippen molar-refractivity contribution in [2.24, 2.45) is 10.2 Å². The van der Waals surface area contributed by atoms with Gasteiger partial charge in [-0.25, -0.2) is 13.9 Å². The average Bonchev–Trinajstić information content (AvgIpc) is 3.08. The quantitative estimate of drug-likeness (QED) is 0.355. The highest BCUT2D eigenvalue weighted by Crippen LogP contribution is 2.38. The lowest BCUT2D eigenvalue weighted by Gasteiger charge is -2.07. The molecule has 0 bridgehead atoms. The number of halogens is 1. The van der Waals surface area contributed by atoms with Crippen molar-refractivity contribution >= 4 is 17.3 Å². The van der Waals surface area contributed by atoms with Gasteiger partial charge in [-0.05, 0) is 55.3 Å². The van der Waals surface area contributed by atoms with E-state index in [-0.39, 0.29) is 22.7 Å². The number of phenols is 1. The van der Waals surface area contributed by atoms with Gasteiger partial charge in [0.05, 0.1) is 16.9 Å². The summed E-state index contributed by atoms with van der Waals surface area (Å²) in [7, 11) is 0. The number of carboxylic acids is 1. The highest BCUT2D eigenvalue weighted by atomic mass is 19.1. The SMILES string of the molecule is Cc1ccc(-n2[nH]c(C)c(N=Nc3cccc(-c4cccc(C(=O)O)c4)c3O)c2=O)cc1F. The number of nitrogens with one attached hydrogen (secondary N) is 1. The minimum absolute atomic E-state index is 0.00802. The Morgan fingerprint density at radius 2 is 1.79 bits per heavy atom. The molecule has 8 nitrogen and oxygen atoms in total. The molecule has 0 amide bonds. The molecule has 0 saturated carbocycles. The highest BCUT2D eigenvalue weighted by Gasteiger charge is 2.15. The number of hydrogen-bond donors (Lipinski definition) is 3. The van der Waals surface area contributed by atoms with Crippen molar-refractivity contribution in [2.45, 2.75) is 13.8 Å². The topological polar surface area (TPSA) is 120 Å². The van der Waals surface area contributed by atoms with Gasteiger partial charge in [-0.15, -0.1) is 10.2 Å². The van der Waals surface area contributed by atoms with E-state index in [9.17, 15) is 24.2 Å². The number of carboxylic acid groups (broad SMARTS) is 1. The van der Waals surface area contributed by atoms with Crippen LogP contribution in [-0.4, -0.2) is 26.0 Å². The third kappa shape index (κ3) is 4.16. The number of phenolic OH excluding ortho intramolecular Hbond substituents is 1. The van der Waals surface area contributed by atoms with E-state index in [1.807, 2.05) is 0 Å². The lowest BCUT2D eigenvalue weighted by atomic mass is 10.0. The van der Waals surface area contributed by atoms with E-state index in [1.54, 1.807) is 50.2 Å². The van der Waals surface area contributed by atoms with Crippen molar-refractivity contribution in [2.75, 3.05) is 0 Å². The van der Waals surface area contributed by atoms with Crippen LogP contribution in [0.3, 0.4) is 0 Å². The van der Waals surface area contributed by atoms with Crippen molar-refractivity contribution in [1.82, 2.24) is 9.78 Å². The van der Waals surface area contributed by atoms with E-state index >= 15 is 0 Å². The number of H-pyrrole nitrogens is 1. The summed E-state index contributed by atoms with van der Waals surface area (Å²) >= 11 is 0. The molecule has 0 atom stereocenters. The summed E-state index contributed by atoms with van der Waals surface area (Å²) in [6.07, 6.45) is 0. The summed E-state index contributed by atoms with van der Waals surface area (Å²) in [5.74, 6) is -1.73. The molecule has 0 aliphatic rings. The number of azo groups is 1. The van der Waals surface area contributed by atoms with Crippen LogP contribution in [0.4, 0.5) is 15.8 Å². The molecule has 0 radical (unpaired) electrons. The second-order valence-corrected chi connectivity index (χ2v) is 7.42. The molecule has 1 heterocycles. The minimum Gasteiger partial charge on any atom is -0.505 e. The van der Waals surface area contributed by atoms with Crippen LogP contribution in [0.5, 0.6) is 5.75 Å². The number of aromatic nitrogens is 2. The number of benzene rings is 3. The van der Waals surface area contributed by atoms with Gasteiger partial charge in [0, 0.05) is 5.56 Å². The number of nitrogens with zero attached hydrogens (tertiary/aromatic N) is 3. The Balaban J connectivity index is 1.71. The van der Waals surface area contributed by atoms with E-state index in [0.29, 0.717) is 28.1 Å². The molecule has 3 N–H and O–H groups in total. The molecule has 0 unspecified atom stereocenters.